The van der Waals surface area contributed by atoms with Crippen molar-refractivity contribution in [3.05, 3.63) is 0 Å². The maximum Gasteiger partial charge on any atom is 0.317 e. The molecule has 5 nitrogen and oxygen atoms in total. The van der Waals surface area contributed by atoms with Crippen molar-refractivity contribution in [1.82, 2.24) is 10.2 Å². The summed E-state index contributed by atoms with van der Waals surface area (Å²) in [6.07, 6.45) is 6.87. The summed E-state index contributed by atoms with van der Waals surface area (Å²) in [5.74, 6) is -0.289. The Morgan fingerprint density at radius 1 is 1.19 bits per heavy atom. The molecule has 21 heavy (non-hydrogen) atoms. The minimum absolute atomic E-state index is 0.117. The highest BCUT2D eigenvalue weighted by molar-refractivity contribution is 5.79. The van der Waals surface area contributed by atoms with Gasteiger partial charge >= 0.3 is 12.0 Å². The molecule has 0 bridgehead atoms. The highest BCUT2D eigenvalue weighted by Gasteiger charge is 2.46. The lowest BCUT2D eigenvalue weighted by Gasteiger charge is -2.38. The van der Waals surface area contributed by atoms with Gasteiger partial charge in [-0.05, 0) is 38.5 Å². The van der Waals surface area contributed by atoms with E-state index in [4.69, 9.17) is 0 Å². The maximum atomic E-state index is 12.5. The normalized spacial score (nSPS) is 36.2. The van der Waals surface area contributed by atoms with E-state index in [0.717, 1.165) is 19.3 Å². The van der Waals surface area contributed by atoms with E-state index in [-0.39, 0.29) is 18.1 Å². The molecule has 0 radical (unpaired) electrons. The molecule has 4 atom stereocenters. The van der Waals surface area contributed by atoms with Gasteiger partial charge < -0.3 is 15.3 Å². The van der Waals surface area contributed by atoms with E-state index >= 15 is 0 Å². The molecule has 2 fully saturated rings. The second-order valence-corrected chi connectivity index (χ2v) is 7.06. The molecule has 0 heterocycles. The van der Waals surface area contributed by atoms with Gasteiger partial charge in [-0.25, -0.2) is 4.79 Å². The van der Waals surface area contributed by atoms with Crippen LogP contribution < -0.4 is 5.32 Å². The fourth-order valence-corrected chi connectivity index (χ4v) is 3.93. The van der Waals surface area contributed by atoms with E-state index in [9.17, 15) is 14.7 Å². The van der Waals surface area contributed by atoms with Crippen LogP contribution in [0.1, 0.15) is 58.8 Å². The van der Waals surface area contributed by atoms with Gasteiger partial charge in [-0.1, -0.05) is 26.2 Å². The van der Waals surface area contributed by atoms with Crippen LogP contribution >= 0.6 is 0 Å². The monoisotopic (exact) mass is 296 g/mol. The molecular weight excluding hydrogens is 268 g/mol. The number of nitrogens with one attached hydrogen (secondary N) is 1. The zero-order chi connectivity index (χ0) is 15.6. The smallest absolute Gasteiger partial charge is 0.317 e. The SMILES string of the molecule is CC1CCCCC1N(C)C(=O)NC1CCCC1(C)C(=O)O. The van der Waals surface area contributed by atoms with Crippen molar-refractivity contribution < 1.29 is 14.7 Å². The number of aliphatic carboxylic acids is 1. The first kappa shape index (κ1) is 16.1. The molecule has 0 aromatic carbocycles. The molecule has 0 saturated heterocycles. The first-order valence-electron chi connectivity index (χ1n) is 8.13. The van der Waals surface area contributed by atoms with Crippen molar-refractivity contribution >= 4 is 12.0 Å². The van der Waals surface area contributed by atoms with Crippen LogP contribution in [0.25, 0.3) is 0 Å². The molecule has 0 aromatic rings. The van der Waals surface area contributed by atoms with E-state index in [1.165, 1.54) is 19.3 Å². The number of carbonyl (C=O) groups excluding carboxylic acids is 1. The molecule has 4 unspecified atom stereocenters. The second kappa shape index (κ2) is 6.24. The minimum atomic E-state index is -0.825. The number of urea groups is 1. The summed E-state index contributed by atoms with van der Waals surface area (Å²) < 4.78 is 0. The summed E-state index contributed by atoms with van der Waals surface area (Å²) in [6, 6.07) is -0.104. The molecular formula is C16H28N2O3. The summed E-state index contributed by atoms with van der Waals surface area (Å²) >= 11 is 0. The molecule has 2 aliphatic rings. The molecule has 2 rings (SSSR count). The van der Waals surface area contributed by atoms with Gasteiger partial charge in [-0.3, -0.25) is 4.79 Å². The van der Waals surface area contributed by atoms with Gasteiger partial charge in [0.25, 0.3) is 0 Å². The molecule has 2 amide bonds. The molecule has 120 valence electrons. The van der Waals surface area contributed by atoms with Gasteiger partial charge in [0.1, 0.15) is 0 Å². The van der Waals surface area contributed by atoms with Crippen molar-refractivity contribution in [2.45, 2.75) is 70.9 Å². The number of hydrogen-bond acceptors (Lipinski definition) is 2. The predicted molar refractivity (Wildman–Crippen MR) is 81.1 cm³/mol. The molecule has 5 heteroatoms. The number of carboxylic acid groups (broad SMARTS) is 1. The van der Waals surface area contributed by atoms with Crippen LogP contribution in [0.3, 0.4) is 0 Å². The van der Waals surface area contributed by atoms with E-state index < -0.39 is 11.4 Å². The molecule has 0 spiro atoms. The van der Waals surface area contributed by atoms with Crippen LogP contribution in [0.15, 0.2) is 0 Å². The van der Waals surface area contributed by atoms with Crippen LogP contribution in [0, 0.1) is 11.3 Å². The van der Waals surface area contributed by atoms with Gasteiger partial charge in [0.15, 0.2) is 0 Å². The Hall–Kier alpha value is -1.26. The highest BCUT2D eigenvalue weighted by Crippen LogP contribution is 2.38. The van der Waals surface area contributed by atoms with Crippen LogP contribution in [-0.4, -0.2) is 41.1 Å². The zero-order valence-corrected chi connectivity index (χ0v) is 13.4. The van der Waals surface area contributed by atoms with Crippen LogP contribution in [-0.2, 0) is 4.79 Å². The topological polar surface area (TPSA) is 69.6 Å². The Morgan fingerprint density at radius 3 is 2.48 bits per heavy atom. The van der Waals surface area contributed by atoms with Crippen molar-refractivity contribution in [3.63, 3.8) is 0 Å². The van der Waals surface area contributed by atoms with Gasteiger partial charge in [0.2, 0.25) is 0 Å². The lowest BCUT2D eigenvalue weighted by Crippen LogP contribution is -2.54. The van der Waals surface area contributed by atoms with Gasteiger partial charge in [0, 0.05) is 19.1 Å². The van der Waals surface area contributed by atoms with Crippen molar-refractivity contribution in [2.75, 3.05) is 7.05 Å². The third-order valence-electron chi connectivity index (χ3n) is 5.63. The lowest BCUT2D eigenvalue weighted by molar-refractivity contribution is -0.148. The van der Waals surface area contributed by atoms with E-state index in [2.05, 4.69) is 12.2 Å². The Balaban J connectivity index is 1.99. The van der Waals surface area contributed by atoms with Crippen LogP contribution in [0.5, 0.6) is 0 Å². The molecule has 0 aliphatic heterocycles. The first-order chi connectivity index (χ1) is 9.86. The Bertz CT molecular complexity index is 412. The minimum Gasteiger partial charge on any atom is -0.481 e. The Kier molecular flexibility index (Phi) is 4.79. The fourth-order valence-electron chi connectivity index (χ4n) is 3.93. The summed E-state index contributed by atoms with van der Waals surface area (Å²) in [6.45, 7) is 3.95. The van der Waals surface area contributed by atoms with E-state index in [1.54, 1.807) is 11.8 Å². The fraction of sp³-hybridized carbons (Fsp3) is 0.875. The number of amides is 2. The molecule has 0 aromatic heterocycles. The van der Waals surface area contributed by atoms with Crippen LogP contribution in [0.4, 0.5) is 4.79 Å². The van der Waals surface area contributed by atoms with Gasteiger partial charge in [0.05, 0.1) is 5.41 Å². The highest BCUT2D eigenvalue weighted by atomic mass is 16.4. The number of rotatable bonds is 3. The number of carboxylic acids is 1. The van der Waals surface area contributed by atoms with E-state index in [1.807, 2.05) is 7.05 Å². The average Bonchev–Trinajstić information content (AvgIpc) is 2.81. The summed E-state index contributed by atoms with van der Waals surface area (Å²) in [5.41, 5.74) is -0.825. The van der Waals surface area contributed by atoms with Gasteiger partial charge in [-0.15, -0.1) is 0 Å². The Morgan fingerprint density at radius 2 is 1.86 bits per heavy atom. The quantitative estimate of drug-likeness (QED) is 0.841. The van der Waals surface area contributed by atoms with Crippen molar-refractivity contribution in [1.29, 1.82) is 0 Å². The zero-order valence-electron chi connectivity index (χ0n) is 13.4. The first-order valence-corrected chi connectivity index (χ1v) is 8.13. The summed E-state index contributed by atoms with van der Waals surface area (Å²) in [7, 11) is 1.84. The molecule has 2 N–H and O–H groups in total. The number of nitrogens with zero attached hydrogens (tertiary/aromatic N) is 1. The lowest BCUT2D eigenvalue weighted by atomic mass is 9.84. The molecule has 2 aliphatic carbocycles. The third kappa shape index (κ3) is 3.16. The van der Waals surface area contributed by atoms with Crippen LogP contribution in [0.2, 0.25) is 0 Å². The largest absolute Gasteiger partial charge is 0.481 e. The van der Waals surface area contributed by atoms with Crippen molar-refractivity contribution in [2.24, 2.45) is 11.3 Å². The average molecular weight is 296 g/mol. The standard InChI is InChI=1S/C16H28N2O3/c1-11-7-4-5-8-12(11)18(3)15(21)17-13-9-6-10-16(13,2)14(19)20/h11-13H,4-10H2,1-3H3,(H,17,21)(H,19,20). The Labute approximate surface area is 127 Å². The second-order valence-electron chi connectivity index (χ2n) is 7.06. The number of hydrogen-bond donors (Lipinski definition) is 2. The maximum absolute atomic E-state index is 12.5. The number of carbonyl (C=O) groups is 2. The predicted octanol–water partition coefficient (Wildman–Crippen LogP) is 2.85. The summed E-state index contributed by atoms with van der Waals surface area (Å²) in [4.78, 5) is 25.7. The third-order valence-corrected chi connectivity index (χ3v) is 5.63. The summed E-state index contributed by atoms with van der Waals surface area (Å²) in [5, 5.41) is 12.4. The molecule has 2 saturated carbocycles. The van der Waals surface area contributed by atoms with Crippen molar-refractivity contribution in [3.8, 4) is 0 Å². The van der Waals surface area contributed by atoms with Gasteiger partial charge in [-0.2, -0.15) is 0 Å². The van der Waals surface area contributed by atoms with E-state index in [0.29, 0.717) is 12.3 Å².